The highest BCUT2D eigenvalue weighted by molar-refractivity contribution is 6.01. The third kappa shape index (κ3) is 4.46. The number of furan rings is 1. The van der Waals surface area contributed by atoms with Crippen molar-refractivity contribution in [3.63, 3.8) is 0 Å². The van der Waals surface area contributed by atoms with E-state index in [-0.39, 0.29) is 24.7 Å². The maximum atomic E-state index is 15.0. The van der Waals surface area contributed by atoms with Crippen LogP contribution in [0.2, 0.25) is 0 Å². The number of esters is 4. The number of fused-ring (bicyclic) bond motifs is 6. The third-order valence-electron chi connectivity index (χ3n) is 10.9. The minimum atomic E-state index is -1.96. The molecule has 8 atom stereocenters. The summed E-state index contributed by atoms with van der Waals surface area (Å²) in [6.45, 7) is 12.2. The monoisotopic (exact) mass is 598 g/mol. The van der Waals surface area contributed by atoms with E-state index in [1.54, 1.807) is 32.3 Å². The van der Waals surface area contributed by atoms with Crippen molar-refractivity contribution in [3.05, 3.63) is 35.8 Å². The molecule has 2 heterocycles. The first-order valence-corrected chi connectivity index (χ1v) is 15.0. The average Bonchev–Trinajstić information content (AvgIpc) is 3.46. The van der Waals surface area contributed by atoms with Crippen LogP contribution < -0.4 is 0 Å². The molecule has 1 aliphatic heterocycles. The molecular formula is C33H42O10. The Morgan fingerprint density at radius 3 is 2.37 bits per heavy atom. The van der Waals surface area contributed by atoms with Crippen molar-refractivity contribution < 1.29 is 47.3 Å². The molecule has 5 rings (SSSR count). The van der Waals surface area contributed by atoms with Gasteiger partial charge < -0.3 is 23.4 Å². The molecule has 0 aromatic carbocycles. The smallest absolute Gasteiger partial charge is 0.308 e. The van der Waals surface area contributed by atoms with Crippen LogP contribution >= 0.6 is 0 Å². The second kappa shape index (κ2) is 10.3. The van der Waals surface area contributed by atoms with E-state index >= 15 is 0 Å². The van der Waals surface area contributed by atoms with Crippen molar-refractivity contribution in [2.24, 2.45) is 39.9 Å². The maximum Gasteiger partial charge on any atom is 0.308 e. The van der Waals surface area contributed by atoms with E-state index < -0.39 is 75.6 Å². The number of ether oxygens (including phenoxy) is 4. The van der Waals surface area contributed by atoms with Gasteiger partial charge in [0.25, 0.3) is 0 Å². The van der Waals surface area contributed by atoms with Crippen LogP contribution in [-0.2, 0) is 42.9 Å². The van der Waals surface area contributed by atoms with Gasteiger partial charge in [-0.1, -0.05) is 47.1 Å². The summed E-state index contributed by atoms with van der Waals surface area (Å²) in [4.78, 5) is 67.0. The van der Waals surface area contributed by atoms with Crippen molar-refractivity contribution in [3.8, 4) is 0 Å². The van der Waals surface area contributed by atoms with Crippen LogP contribution in [0.3, 0.4) is 0 Å². The van der Waals surface area contributed by atoms with Crippen LogP contribution in [0.4, 0.5) is 0 Å². The van der Waals surface area contributed by atoms with Crippen molar-refractivity contribution in [2.45, 2.75) is 92.0 Å². The molecular weight excluding hydrogens is 556 g/mol. The van der Waals surface area contributed by atoms with Crippen LogP contribution in [0.25, 0.3) is 0 Å². The van der Waals surface area contributed by atoms with Gasteiger partial charge in [-0.05, 0) is 42.7 Å². The van der Waals surface area contributed by atoms with Gasteiger partial charge in [-0.15, -0.1) is 0 Å². The number of cyclic esters (lactones) is 1. The predicted octanol–water partition coefficient (Wildman–Crippen LogP) is 4.90. The lowest BCUT2D eigenvalue weighted by Crippen LogP contribution is -2.75. The number of carbonyl (C=O) groups excluding carboxylic acids is 5. The van der Waals surface area contributed by atoms with E-state index in [4.69, 9.17) is 23.4 Å². The number of methoxy groups -OCH3 is 1. The molecule has 2 saturated carbocycles. The Morgan fingerprint density at radius 2 is 1.79 bits per heavy atom. The molecule has 2 bridgehead atoms. The summed E-state index contributed by atoms with van der Waals surface area (Å²) in [6, 6.07) is 1.78. The van der Waals surface area contributed by atoms with Gasteiger partial charge in [0.05, 0.1) is 32.0 Å². The molecule has 3 fully saturated rings. The van der Waals surface area contributed by atoms with E-state index in [1.807, 2.05) is 20.8 Å². The fraction of sp³-hybridized carbons (Fsp3) is 0.667. The summed E-state index contributed by atoms with van der Waals surface area (Å²) in [5.74, 6) is -4.50. The Kier molecular flexibility index (Phi) is 7.45. The summed E-state index contributed by atoms with van der Waals surface area (Å²) in [5.41, 5.74) is -3.23. The quantitative estimate of drug-likeness (QED) is 0.253. The first-order chi connectivity index (χ1) is 20.0. The second-order valence-corrected chi connectivity index (χ2v) is 14.0. The van der Waals surface area contributed by atoms with Crippen molar-refractivity contribution in [1.82, 2.24) is 0 Å². The number of Topliss-reactive ketones (excluding diaryl/α,β-unsaturated/α-hetero) is 1. The first-order valence-electron chi connectivity index (χ1n) is 15.0. The van der Waals surface area contributed by atoms with E-state index in [2.05, 4.69) is 6.92 Å². The van der Waals surface area contributed by atoms with Crippen molar-refractivity contribution >= 4 is 29.7 Å². The van der Waals surface area contributed by atoms with Gasteiger partial charge in [0, 0.05) is 35.2 Å². The molecule has 10 nitrogen and oxygen atoms in total. The van der Waals surface area contributed by atoms with E-state index in [0.29, 0.717) is 12.8 Å². The Morgan fingerprint density at radius 1 is 1.09 bits per heavy atom. The topological polar surface area (TPSA) is 135 Å². The summed E-state index contributed by atoms with van der Waals surface area (Å²) >= 11 is 0. The van der Waals surface area contributed by atoms with Gasteiger partial charge in [-0.2, -0.15) is 0 Å². The standard InChI is InChI=1S/C33H42O10/c1-17(2)27(37)42-29-30(4,5)23(14-24(35)39-8)32(7)21-9-11-31(6)22(13-25(36)41-26(31)19-10-12-40-16-19)20(21)15-33(29,28(32)38)43-18(3)34/h10,12,15-17,21-23,26,29H,9,11,13-14H2,1-8H3/t21?,22?,23-,26-,29-,31+,32+,33-/m0/s1. The van der Waals surface area contributed by atoms with E-state index in [1.165, 1.54) is 20.3 Å². The fourth-order valence-corrected chi connectivity index (χ4v) is 8.87. The van der Waals surface area contributed by atoms with Crippen LogP contribution in [0.15, 0.2) is 34.7 Å². The lowest BCUT2D eigenvalue weighted by atomic mass is 9.39. The number of carbonyl (C=O) groups is 5. The van der Waals surface area contributed by atoms with Crippen LogP contribution in [0, 0.1) is 39.9 Å². The number of hydrogen-bond acceptors (Lipinski definition) is 10. The normalized spacial score (nSPS) is 37.8. The summed E-state index contributed by atoms with van der Waals surface area (Å²) in [6.07, 6.45) is 4.11. The molecule has 234 valence electrons. The Bertz CT molecular complexity index is 1370. The lowest BCUT2D eigenvalue weighted by molar-refractivity contribution is -0.234. The molecule has 0 radical (unpaired) electrons. The SMILES string of the molecule is COC(=O)C[C@H]1C(C)(C)[C@H](OC(=O)C(C)C)[C@]2(OC(C)=O)C=C3C4CC(=O)O[C@@H](c5ccoc5)[C@]4(C)CCC3[C@@]1(C)C2=O. The molecule has 1 saturated heterocycles. The highest BCUT2D eigenvalue weighted by atomic mass is 16.6. The highest BCUT2D eigenvalue weighted by Crippen LogP contribution is 2.69. The molecule has 0 spiro atoms. The Hall–Kier alpha value is -3.43. The zero-order valence-electron chi connectivity index (χ0n) is 26.2. The van der Waals surface area contributed by atoms with Gasteiger partial charge in [-0.25, -0.2) is 0 Å². The number of hydrogen-bond donors (Lipinski definition) is 0. The number of allylic oxidation sites excluding steroid dienone is 1. The van der Waals surface area contributed by atoms with Crippen LogP contribution in [-0.4, -0.2) is 48.5 Å². The minimum Gasteiger partial charge on any atom is -0.472 e. The van der Waals surface area contributed by atoms with Crippen molar-refractivity contribution in [1.29, 1.82) is 0 Å². The van der Waals surface area contributed by atoms with E-state index in [9.17, 15) is 24.0 Å². The largest absolute Gasteiger partial charge is 0.472 e. The molecule has 1 aromatic heterocycles. The molecule has 2 unspecified atom stereocenters. The van der Waals surface area contributed by atoms with Crippen LogP contribution in [0.1, 0.15) is 85.8 Å². The molecule has 0 amide bonds. The number of ketones is 1. The maximum absolute atomic E-state index is 15.0. The minimum absolute atomic E-state index is 0.0646. The van der Waals surface area contributed by atoms with Gasteiger partial charge in [0.15, 0.2) is 11.9 Å². The molecule has 3 aliphatic carbocycles. The summed E-state index contributed by atoms with van der Waals surface area (Å²) in [7, 11) is 1.30. The highest BCUT2D eigenvalue weighted by Gasteiger charge is 2.75. The predicted molar refractivity (Wildman–Crippen MR) is 151 cm³/mol. The van der Waals surface area contributed by atoms with Gasteiger partial charge in [0.2, 0.25) is 5.60 Å². The summed E-state index contributed by atoms with van der Waals surface area (Å²) < 4.78 is 28.5. The van der Waals surface area contributed by atoms with E-state index in [0.717, 1.165) is 11.1 Å². The zero-order chi connectivity index (χ0) is 31.7. The van der Waals surface area contributed by atoms with Gasteiger partial charge >= 0.3 is 23.9 Å². The van der Waals surface area contributed by atoms with Gasteiger partial charge in [-0.3, -0.25) is 24.0 Å². The molecule has 43 heavy (non-hydrogen) atoms. The molecule has 0 N–H and O–H groups in total. The Labute approximate surface area is 251 Å². The zero-order valence-corrected chi connectivity index (χ0v) is 26.2. The molecule has 4 aliphatic rings. The summed E-state index contributed by atoms with van der Waals surface area (Å²) in [5, 5.41) is 0. The number of rotatable bonds is 6. The van der Waals surface area contributed by atoms with Crippen molar-refractivity contribution in [2.75, 3.05) is 7.11 Å². The molecule has 1 aromatic rings. The first kappa shape index (κ1) is 31.0. The Balaban J connectivity index is 1.78. The molecule has 10 heteroatoms. The van der Waals surface area contributed by atoms with Gasteiger partial charge in [0.1, 0.15) is 6.10 Å². The fourth-order valence-electron chi connectivity index (χ4n) is 8.87. The third-order valence-corrected chi connectivity index (χ3v) is 10.9. The lowest BCUT2D eigenvalue weighted by Gasteiger charge is -2.66. The second-order valence-electron chi connectivity index (χ2n) is 14.0. The average molecular weight is 599 g/mol. The van der Waals surface area contributed by atoms with Crippen LogP contribution in [0.5, 0.6) is 0 Å².